The zero-order valence-corrected chi connectivity index (χ0v) is 15.5. The molecule has 2 rings (SSSR count). The fourth-order valence-corrected chi connectivity index (χ4v) is 5.56. The Kier molecular flexibility index (Phi) is 4.46. The second-order valence-corrected chi connectivity index (χ2v) is 9.35. The summed E-state index contributed by atoms with van der Waals surface area (Å²) in [6.45, 7) is 20.0. The maximum Gasteiger partial charge on any atom is 0.0797 e. The van der Waals surface area contributed by atoms with Gasteiger partial charge in [0.15, 0.2) is 0 Å². The first-order valence-electron chi connectivity index (χ1n) is 9.03. The zero-order chi connectivity index (χ0) is 16.8. The molecule has 0 unspecified atom stereocenters. The minimum Gasteiger partial charge on any atom is -0.386 e. The first kappa shape index (κ1) is 17.8. The highest BCUT2D eigenvalue weighted by Gasteiger charge is 2.58. The molecular formula is C21H36O. The number of fused-ring (bicyclic) bond motifs is 1. The van der Waals surface area contributed by atoms with Gasteiger partial charge in [0.25, 0.3) is 0 Å². The van der Waals surface area contributed by atoms with Crippen molar-refractivity contribution >= 4 is 0 Å². The van der Waals surface area contributed by atoms with Crippen LogP contribution in [0.4, 0.5) is 0 Å². The number of hydrogen-bond donors (Lipinski definition) is 1. The predicted octanol–water partition coefficient (Wildman–Crippen LogP) is 5.89. The van der Waals surface area contributed by atoms with Gasteiger partial charge in [0.05, 0.1) is 5.60 Å². The molecule has 2 aliphatic carbocycles. The third-order valence-corrected chi connectivity index (χ3v) is 7.58. The number of hydrogen-bond acceptors (Lipinski definition) is 1. The average molecular weight is 305 g/mol. The molecule has 1 heteroatoms. The lowest BCUT2D eigenvalue weighted by molar-refractivity contribution is -0.102. The molecule has 4 atom stereocenters. The normalized spacial score (nSPS) is 40.6. The molecule has 0 saturated heterocycles. The van der Waals surface area contributed by atoms with Gasteiger partial charge in [-0.3, -0.25) is 0 Å². The maximum absolute atomic E-state index is 10.4. The van der Waals surface area contributed by atoms with Crippen molar-refractivity contribution in [3.63, 3.8) is 0 Å². The van der Waals surface area contributed by atoms with Crippen LogP contribution in [0.1, 0.15) is 79.6 Å². The highest BCUT2D eigenvalue weighted by molar-refractivity contribution is 5.22. The minimum atomic E-state index is -0.767. The smallest absolute Gasteiger partial charge is 0.0797 e. The van der Waals surface area contributed by atoms with Crippen molar-refractivity contribution in [3.8, 4) is 0 Å². The predicted molar refractivity (Wildman–Crippen MR) is 95.8 cm³/mol. The lowest BCUT2D eigenvalue weighted by atomic mass is 9.42. The van der Waals surface area contributed by atoms with Crippen molar-refractivity contribution < 1.29 is 5.11 Å². The van der Waals surface area contributed by atoms with Gasteiger partial charge in [-0.2, -0.15) is 0 Å². The molecule has 2 fully saturated rings. The highest BCUT2D eigenvalue weighted by Crippen LogP contribution is 2.67. The van der Waals surface area contributed by atoms with Crippen LogP contribution in [0, 0.1) is 22.2 Å². The second kappa shape index (κ2) is 5.51. The van der Waals surface area contributed by atoms with Crippen molar-refractivity contribution in [1.29, 1.82) is 0 Å². The van der Waals surface area contributed by atoms with Crippen LogP contribution >= 0.6 is 0 Å². The quantitative estimate of drug-likeness (QED) is 0.642. The summed E-state index contributed by atoms with van der Waals surface area (Å²) in [7, 11) is 0. The van der Waals surface area contributed by atoms with Crippen LogP contribution in [0.2, 0.25) is 0 Å². The molecule has 0 bridgehead atoms. The fraction of sp³-hybridized carbons (Fsp3) is 0.810. The van der Waals surface area contributed by atoms with Gasteiger partial charge >= 0.3 is 0 Å². The summed E-state index contributed by atoms with van der Waals surface area (Å²) in [5, 5.41) is 10.4. The molecule has 0 aliphatic heterocycles. The summed E-state index contributed by atoms with van der Waals surface area (Å²) < 4.78 is 0. The topological polar surface area (TPSA) is 20.2 Å². The molecule has 22 heavy (non-hydrogen) atoms. The van der Waals surface area contributed by atoms with Crippen molar-refractivity contribution in [2.45, 2.75) is 85.2 Å². The van der Waals surface area contributed by atoms with Crippen LogP contribution in [-0.2, 0) is 0 Å². The van der Waals surface area contributed by atoms with Crippen LogP contribution < -0.4 is 0 Å². The fourth-order valence-electron chi connectivity index (χ4n) is 5.56. The summed E-state index contributed by atoms with van der Waals surface area (Å²) in [6, 6.07) is 0. The Balaban J connectivity index is 2.34. The van der Waals surface area contributed by atoms with Gasteiger partial charge in [-0.15, -0.1) is 6.58 Å². The third kappa shape index (κ3) is 2.70. The number of allylic oxidation sites excluding steroid dienone is 1. The van der Waals surface area contributed by atoms with Crippen LogP contribution in [-0.4, -0.2) is 10.7 Å². The van der Waals surface area contributed by atoms with Gasteiger partial charge in [-0.25, -0.2) is 0 Å². The molecule has 0 aromatic rings. The van der Waals surface area contributed by atoms with Crippen molar-refractivity contribution in [2.75, 3.05) is 0 Å². The van der Waals surface area contributed by atoms with Crippen molar-refractivity contribution in [1.82, 2.24) is 0 Å². The van der Waals surface area contributed by atoms with E-state index < -0.39 is 5.60 Å². The molecule has 0 radical (unpaired) electrons. The number of aliphatic hydroxyl groups is 1. The SMILES string of the molecule is C=C[C@](C)(O)CC[C@@]1(C)C(=C)CC[C@H]2C(C)(C)CCC[C@@]21C. The van der Waals surface area contributed by atoms with Gasteiger partial charge in [0.2, 0.25) is 0 Å². The van der Waals surface area contributed by atoms with Crippen molar-refractivity contribution in [2.24, 2.45) is 22.2 Å². The van der Waals surface area contributed by atoms with E-state index in [1.165, 1.54) is 31.3 Å². The lowest BCUT2D eigenvalue weighted by Gasteiger charge is -2.63. The summed E-state index contributed by atoms with van der Waals surface area (Å²) in [5.74, 6) is 0.762. The third-order valence-electron chi connectivity index (χ3n) is 7.58. The minimum absolute atomic E-state index is 0.126. The summed E-state index contributed by atoms with van der Waals surface area (Å²) >= 11 is 0. The van der Waals surface area contributed by atoms with Gasteiger partial charge in [0, 0.05) is 0 Å². The highest BCUT2D eigenvalue weighted by atomic mass is 16.3. The molecule has 0 aromatic heterocycles. The van der Waals surface area contributed by atoms with Crippen molar-refractivity contribution in [3.05, 3.63) is 24.8 Å². The molecule has 2 saturated carbocycles. The molecule has 0 spiro atoms. The van der Waals surface area contributed by atoms with E-state index in [2.05, 4.69) is 40.9 Å². The number of rotatable bonds is 4. The van der Waals surface area contributed by atoms with E-state index in [9.17, 15) is 5.11 Å². The van der Waals surface area contributed by atoms with E-state index in [-0.39, 0.29) is 5.41 Å². The van der Waals surface area contributed by atoms with Crippen LogP contribution in [0.15, 0.2) is 24.8 Å². The van der Waals surface area contributed by atoms with Crippen LogP contribution in [0.25, 0.3) is 0 Å². The molecule has 0 heterocycles. The standard InChI is InChI=1S/C21H36O/c1-8-19(5,22)14-15-20(6)16(2)10-11-17-18(3,4)12-9-13-21(17,20)7/h8,17,22H,1-2,9-15H2,3-7H3/t17-,19-,20-,21-/m0/s1. The average Bonchev–Trinajstić information content (AvgIpc) is 2.42. The Morgan fingerprint density at radius 2 is 1.91 bits per heavy atom. The Morgan fingerprint density at radius 1 is 1.27 bits per heavy atom. The van der Waals surface area contributed by atoms with Gasteiger partial charge in [-0.05, 0) is 67.6 Å². The van der Waals surface area contributed by atoms with E-state index in [4.69, 9.17) is 0 Å². The maximum atomic E-state index is 10.4. The second-order valence-electron chi connectivity index (χ2n) is 9.35. The van der Waals surface area contributed by atoms with Gasteiger partial charge in [0.1, 0.15) is 0 Å². The lowest BCUT2D eigenvalue weighted by Crippen LogP contribution is -2.54. The largest absolute Gasteiger partial charge is 0.386 e. The van der Waals surface area contributed by atoms with E-state index in [0.717, 1.165) is 25.2 Å². The summed E-state index contributed by atoms with van der Waals surface area (Å²) in [6.07, 6.45) is 9.87. The summed E-state index contributed by atoms with van der Waals surface area (Å²) in [4.78, 5) is 0. The van der Waals surface area contributed by atoms with E-state index in [0.29, 0.717) is 10.8 Å². The molecule has 1 nitrogen and oxygen atoms in total. The molecule has 0 aromatic carbocycles. The van der Waals surface area contributed by atoms with E-state index in [1.54, 1.807) is 6.08 Å². The summed E-state index contributed by atoms with van der Waals surface area (Å²) in [5.41, 5.74) is 1.50. The Morgan fingerprint density at radius 3 is 2.50 bits per heavy atom. The van der Waals surface area contributed by atoms with Crippen LogP contribution in [0.3, 0.4) is 0 Å². The molecule has 1 N–H and O–H groups in total. The van der Waals surface area contributed by atoms with E-state index >= 15 is 0 Å². The zero-order valence-electron chi connectivity index (χ0n) is 15.5. The molecule has 126 valence electrons. The Labute approximate surface area is 137 Å². The molecule has 0 amide bonds. The van der Waals surface area contributed by atoms with E-state index in [1.807, 2.05) is 6.92 Å². The Bertz CT molecular complexity index is 459. The molecular weight excluding hydrogens is 268 g/mol. The first-order valence-corrected chi connectivity index (χ1v) is 9.03. The molecule has 2 aliphatic rings. The van der Waals surface area contributed by atoms with Crippen LogP contribution in [0.5, 0.6) is 0 Å². The Hall–Kier alpha value is -0.560. The van der Waals surface area contributed by atoms with Gasteiger partial charge in [-0.1, -0.05) is 52.3 Å². The first-order chi connectivity index (χ1) is 9.98. The van der Waals surface area contributed by atoms with Gasteiger partial charge < -0.3 is 5.11 Å². The monoisotopic (exact) mass is 304 g/mol.